The van der Waals surface area contributed by atoms with E-state index in [0.717, 1.165) is 50.7 Å². The molecule has 23 heavy (non-hydrogen) atoms. The molecular weight excluding hydrogens is 308 g/mol. The van der Waals surface area contributed by atoms with Crippen LogP contribution in [0.5, 0.6) is 0 Å². The summed E-state index contributed by atoms with van der Waals surface area (Å²) in [5, 5.41) is 9.42. The van der Waals surface area contributed by atoms with Gasteiger partial charge in [0.2, 0.25) is 0 Å². The summed E-state index contributed by atoms with van der Waals surface area (Å²) < 4.78 is 5.72. The highest BCUT2D eigenvalue weighted by Crippen LogP contribution is 2.22. The number of hydrogen-bond donors (Lipinski definition) is 1. The maximum Gasteiger partial charge on any atom is 0.118 e. The highest BCUT2D eigenvalue weighted by atomic mass is 32.1. The number of rotatable bonds is 6. The zero-order valence-electron chi connectivity index (χ0n) is 14.0. The van der Waals surface area contributed by atoms with E-state index in [2.05, 4.69) is 34.9 Å². The molecule has 3 heterocycles. The van der Waals surface area contributed by atoms with Gasteiger partial charge in [0.1, 0.15) is 11.5 Å². The number of aryl methyl sites for hydroxylation is 2. The Balaban J connectivity index is 1.60. The number of aliphatic hydroxyl groups is 1. The van der Waals surface area contributed by atoms with Crippen LogP contribution in [-0.2, 0) is 13.1 Å². The predicted molar refractivity (Wildman–Crippen MR) is 93.7 cm³/mol. The second-order valence-corrected chi connectivity index (χ2v) is 7.77. The topological polar surface area (TPSA) is 39.9 Å². The first-order chi connectivity index (χ1) is 11.1. The summed E-state index contributed by atoms with van der Waals surface area (Å²) in [5.74, 6) is 1.98. The second kappa shape index (κ2) is 7.62. The number of piperazine rings is 1. The summed E-state index contributed by atoms with van der Waals surface area (Å²) in [4.78, 5) is 7.76. The zero-order chi connectivity index (χ0) is 16.2. The van der Waals surface area contributed by atoms with E-state index in [9.17, 15) is 5.11 Å². The first-order valence-corrected chi connectivity index (χ1v) is 9.13. The van der Waals surface area contributed by atoms with E-state index in [1.54, 1.807) is 0 Å². The summed E-state index contributed by atoms with van der Waals surface area (Å²) in [5.41, 5.74) is 0. The molecule has 1 fully saturated rings. The van der Waals surface area contributed by atoms with Gasteiger partial charge in [0.15, 0.2) is 0 Å². The average molecular weight is 334 g/mol. The fourth-order valence-electron chi connectivity index (χ4n) is 3.29. The SMILES string of the molecule is Cc1ccc(CN2CCN(Cc3ccc(C)s3)C[C@H]2CCO)o1. The number of hydrogen-bond acceptors (Lipinski definition) is 5. The fraction of sp³-hybridized carbons (Fsp3) is 0.556. The van der Waals surface area contributed by atoms with E-state index >= 15 is 0 Å². The van der Waals surface area contributed by atoms with Crippen LogP contribution >= 0.6 is 11.3 Å². The number of nitrogens with zero attached hydrogens (tertiary/aromatic N) is 2. The van der Waals surface area contributed by atoms with E-state index in [1.165, 1.54) is 9.75 Å². The number of thiophene rings is 1. The first kappa shape index (κ1) is 16.7. The van der Waals surface area contributed by atoms with Crippen LogP contribution in [-0.4, -0.2) is 47.2 Å². The predicted octanol–water partition coefficient (Wildman–Crippen LogP) is 3.03. The molecule has 1 atom stereocenters. The van der Waals surface area contributed by atoms with Gasteiger partial charge in [-0.1, -0.05) is 0 Å². The lowest BCUT2D eigenvalue weighted by atomic mass is 10.1. The molecule has 0 aliphatic carbocycles. The Hall–Kier alpha value is -1.14. The smallest absolute Gasteiger partial charge is 0.118 e. The van der Waals surface area contributed by atoms with Crippen LogP contribution in [0.2, 0.25) is 0 Å². The molecule has 4 nitrogen and oxygen atoms in total. The third-order valence-corrected chi connectivity index (χ3v) is 5.47. The Morgan fingerprint density at radius 2 is 2.04 bits per heavy atom. The van der Waals surface area contributed by atoms with Crippen LogP contribution in [0, 0.1) is 13.8 Å². The third-order valence-electron chi connectivity index (χ3n) is 4.48. The molecule has 5 heteroatoms. The highest BCUT2D eigenvalue weighted by Gasteiger charge is 2.27. The molecule has 2 aromatic rings. The van der Waals surface area contributed by atoms with Gasteiger partial charge < -0.3 is 9.52 Å². The van der Waals surface area contributed by atoms with Gasteiger partial charge in [-0.25, -0.2) is 0 Å². The van der Waals surface area contributed by atoms with Crippen molar-refractivity contribution in [3.8, 4) is 0 Å². The van der Waals surface area contributed by atoms with E-state index in [4.69, 9.17) is 4.42 Å². The van der Waals surface area contributed by atoms with Gasteiger partial charge in [0.25, 0.3) is 0 Å². The van der Waals surface area contributed by atoms with Gasteiger partial charge in [-0.3, -0.25) is 9.80 Å². The van der Waals surface area contributed by atoms with Gasteiger partial charge in [0.05, 0.1) is 6.54 Å². The molecule has 1 saturated heterocycles. The molecule has 0 spiro atoms. The van der Waals surface area contributed by atoms with Gasteiger partial charge >= 0.3 is 0 Å². The Kier molecular flexibility index (Phi) is 5.54. The van der Waals surface area contributed by atoms with E-state index < -0.39 is 0 Å². The van der Waals surface area contributed by atoms with Crippen molar-refractivity contribution < 1.29 is 9.52 Å². The number of furan rings is 1. The molecule has 3 rings (SSSR count). The lowest BCUT2D eigenvalue weighted by Crippen LogP contribution is -2.52. The maximum absolute atomic E-state index is 9.42. The lowest BCUT2D eigenvalue weighted by Gasteiger charge is -2.41. The van der Waals surface area contributed by atoms with Crippen LogP contribution in [0.25, 0.3) is 0 Å². The summed E-state index contributed by atoms with van der Waals surface area (Å²) in [6, 6.07) is 8.90. The highest BCUT2D eigenvalue weighted by molar-refractivity contribution is 7.11. The molecule has 0 aromatic carbocycles. The van der Waals surface area contributed by atoms with Crippen LogP contribution in [0.1, 0.15) is 27.7 Å². The quantitative estimate of drug-likeness (QED) is 0.881. The minimum Gasteiger partial charge on any atom is -0.465 e. The molecule has 0 radical (unpaired) electrons. The van der Waals surface area contributed by atoms with Crippen LogP contribution in [0.4, 0.5) is 0 Å². The summed E-state index contributed by atoms with van der Waals surface area (Å²) in [6.45, 7) is 9.34. The molecular formula is C18H26N2O2S. The van der Waals surface area contributed by atoms with E-state index in [0.29, 0.717) is 6.04 Å². The Labute approximate surface area is 142 Å². The largest absolute Gasteiger partial charge is 0.465 e. The van der Waals surface area contributed by atoms with Gasteiger partial charge in [-0.05, 0) is 44.5 Å². The molecule has 2 aromatic heterocycles. The van der Waals surface area contributed by atoms with Crippen LogP contribution < -0.4 is 0 Å². The van der Waals surface area contributed by atoms with Gasteiger partial charge in [0, 0.05) is 48.6 Å². The molecule has 1 N–H and O–H groups in total. The van der Waals surface area contributed by atoms with Crippen molar-refractivity contribution in [3.05, 3.63) is 45.5 Å². The Bertz CT molecular complexity index is 622. The van der Waals surface area contributed by atoms with Crippen molar-refractivity contribution in [1.29, 1.82) is 0 Å². The van der Waals surface area contributed by atoms with Crippen molar-refractivity contribution >= 4 is 11.3 Å². The van der Waals surface area contributed by atoms with Gasteiger partial charge in [-0.2, -0.15) is 0 Å². The fourth-order valence-corrected chi connectivity index (χ4v) is 4.23. The molecule has 0 bridgehead atoms. The van der Waals surface area contributed by atoms with Crippen molar-refractivity contribution in [2.24, 2.45) is 0 Å². The third kappa shape index (κ3) is 4.44. The minimum atomic E-state index is 0.240. The Morgan fingerprint density at radius 1 is 1.17 bits per heavy atom. The Morgan fingerprint density at radius 3 is 2.70 bits per heavy atom. The molecule has 0 saturated carbocycles. The normalized spacial score (nSPS) is 20.2. The summed E-state index contributed by atoms with van der Waals surface area (Å²) >= 11 is 1.88. The summed E-state index contributed by atoms with van der Waals surface area (Å²) in [6.07, 6.45) is 0.819. The zero-order valence-corrected chi connectivity index (χ0v) is 14.8. The molecule has 126 valence electrons. The van der Waals surface area contributed by atoms with Crippen molar-refractivity contribution in [2.75, 3.05) is 26.2 Å². The summed E-state index contributed by atoms with van der Waals surface area (Å²) in [7, 11) is 0. The first-order valence-electron chi connectivity index (χ1n) is 8.32. The molecule has 0 amide bonds. The van der Waals surface area contributed by atoms with Crippen molar-refractivity contribution in [1.82, 2.24) is 9.80 Å². The minimum absolute atomic E-state index is 0.240. The van der Waals surface area contributed by atoms with Crippen molar-refractivity contribution in [2.45, 2.75) is 39.4 Å². The van der Waals surface area contributed by atoms with Crippen molar-refractivity contribution in [3.63, 3.8) is 0 Å². The van der Waals surface area contributed by atoms with Crippen LogP contribution in [0.15, 0.2) is 28.7 Å². The average Bonchev–Trinajstić information content (AvgIpc) is 3.11. The monoisotopic (exact) mass is 334 g/mol. The molecule has 1 aliphatic heterocycles. The van der Waals surface area contributed by atoms with Gasteiger partial charge in [-0.15, -0.1) is 11.3 Å². The van der Waals surface area contributed by atoms with E-state index in [1.807, 2.05) is 24.3 Å². The molecule has 0 unspecified atom stereocenters. The number of aliphatic hydroxyl groups excluding tert-OH is 1. The standard InChI is InChI=1S/C18H26N2O2S/c1-14-3-5-17(22-14)12-20-9-8-19(11-16(20)7-10-21)13-18-6-4-15(2)23-18/h3-6,16,21H,7-13H2,1-2H3/t16-/m1/s1. The molecule has 1 aliphatic rings. The van der Waals surface area contributed by atoms with Crippen LogP contribution in [0.3, 0.4) is 0 Å². The second-order valence-electron chi connectivity index (χ2n) is 6.40. The lowest BCUT2D eigenvalue weighted by molar-refractivity contribution is 0.0459. The van der Waals surface area contributed by atoms with E-state index in [-0.39, 0.29) is 6.61 Å². The maximum atomic E-state index is 9.42.